The van der Waals surface area contributed by atoms with Crippen LogP contribution in [0.2, 0.25) is 0 Å². The van der Waals surface area contributed by atoms with Crippen molar-refractivity contribution in [1.82, 2.24) is 0 Å². The molecule has 0 radical (unpaired) electrons. The molecule has 0 unspecified atom stereocenters. The lowest BCUT2D eigenvalue weighted by atomic mass is 10.2. The number of hydrogen-bond acceptors (Lipinski definition) is 4. The van der Waals surface area contributed by atoms with Gasteiger partial charge in [-0.15, -0.1) is 0 Å². The zero-order valence-electron chi connectivity index (χ0n) is 15.6. The van der Waals surface area contributed by atoms with Gasteiger partial charge in [-0.25, -0.2) is 5.01 Å². The molecule has 6 nitrogen and oxygen atoms in total. The topological polar surface area (TPSA) is 65.0 Å². The summed E-state index contributed by atoms with van der Waals surface area (Å²) in [7, 11) is 3.92. The summed E-state index contributed by atoms with van der Waals surface area (Å²) in [6.07, 6.45) is 0.103. The zero-order valence-corrected chi connectivity index (χ0v) is 15.6. The van der Waals surface area contributed by atoms with Gasteiger partial charge in [0.1, 0.15) is 0 Å². The average molecular weight is 352 g/mol. The van der Waals surface area contributed by atoms with Gasteiger partial charge in [0.15, 0.2) is 0 Å². The SMILES string of the molecule is CC(=O)N(N=C(C)CC(=O)Nc1ccc(N(C)C)cc1)c1ccccc1. The van der Waals surface area contributed by atoms with Crippen LogP contribution in [0.15, 0.2) is 59.7 Å². The van der Waals surface area contributed by atoms with E-state index in [2.05, 4.69) is 10.4 Å². The zero-order chi connectivity index (χ0) is 19.1. The third-order valence-corrected chi connectivity index (χ3v) is 3.65. The van der Waals surface area contributed by atoms with Crippen LogP contribution in [-0.2, 0) is 9.59 Å². The molecule has 0 saturated carbocycles. The number of nitrogens with zero attached hydrogens (tertiary/aromatic N) is 3. The fourth-order valence-electron chi connectivity index (χ4n) is 2.37. The highest BCUT2D eigenvalue weighted by atomic mass is 16.2. The molecule has 0 atom stereocenters. The van der Waals surface area contributed by atoms with Crippen molar-refractivity contribution in [3.05, 3.63) is 54.6 Å². The number of carbonyl (C=O) groups excluding carboxylic acids is 2. The molecule has 0 bridgehead atoms. The maximum Gasteiger partial charge on any atom is 0.244 e. The third-order valence-electron chi connectivity index (χ3n) is 3.65. The summed E-state index contributed by atoms with van der Waals surface area (Å²) in [6, 6.07) is 16.7. The Kier molecular flexibility index (Phi) is 6.49. The predicted octanol–water partition coefficient (Wildman–Crippen LogP) is 3.51. The molecule has 2 aromatic carbocycles. The molecular formula is C20H24N4O2. The van der Waals surface area contributed by atoms with Crippen LogP contribution in [0, 0.1) is 0 Å². The van der Waals surface area contributed by atoms with Crippen LogP contribution in [0.1, 0.15) is 20.3 Å². The van der Waals surface area contributed by atoms with Crippen molar-refractivity contribution in [2.75, 3.05) is 29.3 Å². The van der Waals surface area contributed by atoms with Gasteiger partial charge in [0, 0.05) is 38.1 Å². The van der Waals surface area contributed by atoms with Gasteiger partial charge in [-0.3, -0.25) is 9.59 Å². The Morgan fingerprint density at radius 2 is 1.54 bits per heavy atom. The largest absolute Gasteiger partial charge is 0.378 e. The Hall–Kier alpha value is -3.15. The summed E-state index contributed by atoms with van der Waals surface area (Å²) in [4.78, 5) is 26.1. The fourth-order valence-corrected chi connectivity index (χ4v) is 2.37. The molecule has 136 valence electrons. The van der Waals surface area contributed by atoms with E-state index in [9.17, 15) is 9.59 Å². The molecule has 2 aromatic rings. The molecule has 6 heteroatoms. The lowest BCUT2D eigenvalue weighted by Crippen LogP contribution is -2.25. The van der Waals surface area contributed by atoms with Crippen molar-refractivity contribution < 1.29 is 9.59 Å². The highest BCUT2D eigenvalue weighted by Gasteiger charge is 2.12. The first kappa shape index (κ1) is 19.2. The maximum absolute atomic E-state index is 12.2. The van der Waals surface area contributed by atoms with Crippen LogP contribution in [0.3, 0.4) is 0 Å². The number of hydrogen-bond donors (Lipinski definition) is 1. The van der Waals surface area contributed by atoms with Gasteiger partial charge < -0.3 is 10.2 Å². The number of amides is 2. The van der Waals surface area contributed by atoms with Crippen LogP contribution in [0.4, 0.5) is 17.1 Å². The van der Waals surface area contributed by atoms with E-state index < -0.39 is 0 Å². The monoisotopic (exact) mass is 352 g/mol. The number of benzene rings is 2. The summed E-state index contributed by atoms with van der Waals surface area (Å²) in [5, 5.41) is 8.44. The molecule has 0 heterocycles. The summed E-state index contributed by atoms with van der Waals surface area (Å²) >= 11 is 0. The van der Waals surface area contributed by atoms with Crippen molar-refractivity contribution in [3.63, 3.8) is 0 Å². The number of rotatable bonds is 6. The van der Waals surface area contributed by atoms with Gasteiger partial charge in [-0.2, -0.15) is 5.10 Å². The van der Waals surface area contributed by atoms with Crippen molar-refractivity contribution >= 4 is 34.6 Å². The molecular weight excluding hydrogens is 328 g/mol. The van der Waals surface area contributed by atoms with Crippen LogP contribution < -0.4 is 15.2 Å². The molecule has 0 aliphatic rings. The summed E-state index contributed by atoms with van der Waals surface area (Å²) < 4.78 is 0. The van der Waals surface area contributed by atoms with Crippen molar-refractivity contribution in [3.8, 4) is 0 Å². The Bertz CT molecular complexity index is 783. The lowest BCUT2D eigenvalue weighted by Gasteiger charge is -2.16. The molecule has 0 fully saturated rings. The fraction of sp³-hybridized carbons (Fsp3) is 0.250. The molecule has 2 amide bonds. The van der Waals surface area contributed by atoms with E-state index in [1.807, 2.05) is 61.5 Å². The second kappa shape index (κ2) is 8.80. The molecule has 0 spiro atoms. The number of para-hydroxylation sites is 1. The van der Waals surface area contributed by atoms with Gasteiger partial charge in [-0.05, 0) is 43.3 Å². The van der Waals surface area contributed by atoms with E-state index in [4.69, 9.17) is 0 Å². The number of nitrogens with one attached hydrogen (secondary N) is 1. The van der Waals surface area contributed by atoms with Gasteiger partial charge in [0.2, 0.25) is 11.8 Å². The highest BCUT2D eigenvalue weighted by Crippen LogP contribution is 2.17. The summed E-state index contributed by atoms with van der Waals surface area (Å²) in [6.45, 7) is 3.17. The third kappa shape index (κ3) is 5.44. The minimum absolute atomic E-state index is 0.103. The first-order chi connectivity index (χ1) is 12.4. The van der Waals surface area contributed by atoms with Crippen molar-refractivity contribution in [1.29, 1.82) is 0 Å². The van der Waals surface area contributed by atoms with E-state index in [1.54, 1.807) is 19.1 Å². The summed E-state index contributed by atoms with van der Waals surface area (Å²) in [5.41, 5.74) is 2.99. The molecule has 0 aromatic heterocycles. The van der Waals surface area contributed by atoms with Gasteiger partial charge >= 0.3 is 0 Å². The van der Waals surface area contributed by atoms with Gasteiger partial charge in [0.25, 0.3) is 0 Å². The highest BCUT2D eigenvalue weighted by molar-refractivity contribution is 6.06. The Morgan fingerprint density at radius 3 is 2.08 bits per heavy atom. The second-order valence-electron chi connectivity index (χ2n) is 6.17. The van der Waals surface area contributed by atoms with E-state index >= 15 is 0 Å². The molecule has 2 rings (SSSR count). The van der Waals surface area contributed by atoms with Crippen molar-refractivity contribution in [2.24, 2.45) is 5.10 Å². The van der Waals surface area contributed by atoms with Crippen LogP contribution in [-0.4, -0.2) is 31.6 Å². The minimum atomic E-state index is -0.213. The molecule has 26 heavy (non-hydrogen) atoms. The minimum Gasteiger partial charge on any atom is -0.378 e. The first-order valence-electron chi connectivity index (χ1n) is 8.34. The Balaban J connectivity index is 2.02. The van der Waals surface area contributed by atoms with E-state index in [0.29, 0.717) is 11.4 Å². The Labute approximate surface area is 154 Å². The quantitative estimate of drug-likeness (QED) is 0.639. The van der Waals surface area contributed by atoms with Crippen LogP contribution >= 0.6 is 0 Å². The van der Waals surface area contributed by atoms with Crippen LogP contribution in [0.5, 0.6) is 0 Å². The standard InChI is InChI=1S/C20H24N4O2/c1-15(22-24(16(2)25)19-8-6-5-7-9-19)14-20(26)21-17-10-12-18(13-11-17)23(3)4/h5-13H,14H2,1-4H3,(H,21,26). The molecule has 1 N–H and O–H groups in total. The second-order valence-corrected chi connectivity index (χ2v) is 6.17. The normalized spacial score (nSPS) is 11.0. The predicted molar refractivity (Wildman–Crippen MR) is 107 cm³/mol. The number of anilines is 3. The Morgan fingerprint density at radius 1 is 0.923 bits per heavy atom. The van der Waals surface area contributed by atoms with Gasteiger partial charge in [-0.1, -0.05) is 18.2 Å². The molecule has 0 saturated heterocycles. The molecule has 0 aliphatic heterocycles. The number of carbonyl (C=O) groups is 2. The summed E-state index contributed by atoms with van der Waals surface area (Å²) in [5.74, 6) is -0.393. The average Bonchev–Trinajstić information content (AvgIpc) is 2.60. The smallest absolute Gasteiger partial charge is 0.244 e. The lowest BCUT2D eigenvalue weighted by molar-refractivity contribution is -0.117. The molecule has 0 aliphatic carbocycles. The van der Waals surface area contributed by atoms with E-state index in [1.165, 1.54) is 11.9 Å². The maximum atomic E-state index is 12.2. The van der Waals surface area contributed by atoms with Gasteiger partial charge in [0.05, 0.1) is 12.1 Å². The number of hydrazone groups is 1. The van der Waals surface area contributed by atoms with Crippen LogP contribution in [0.25, 0.3) is 0 Å². The van der Waals surface area contributed by atoms with E-state index in [-0.39, 0.29) is 18.2 Å². The van der Waals surface area contributed by atoms with E-state index in [0.717, 1.165) is 11.4 Å². The first-order valence-corrected chi connectivity index (χ1v) is 8.34. The van der Waals surface area contributed by atoms with Crippen molar-refractivity contribution in [2.45, 2.75) is 20.3 Å².